The molecule has 0 amide bonds. The molecule has 0 saturated carbocycles. The highest BCUT2D eigenvalue weighted by Gasteiger charge is 1.98. The minimum atomic E-state index is -0.209. The minimum absolute atomic E-state index is 0.185. The third-order valence-electron chi connectivity index (χ3n) is 3.84. The fourth-order valence-corrected chi connectivity index (χ4v) is 2.64. The van der Waals surface area contributed by atoms with E-state index in [1.807, 2.05) is 0 Å². The van der Waals surface area contributed by atoms with E-state index in [2.05, 4.69) is 43.0 Å². The number of ether oxygens (including phenoxy) is 1. The summed E-state index contributed by atoms with van der Waals surface area (Å²) in [5.74, 6) is -0.0246. The van der Waals surface area contributed by atoms with Crippen LogP contribution in [-0.2, 0) is 16.0 Å². The second kappa shape index (κ2) is 13.7. The molecule has 0 fully saturated rings. The molecule has 0 aliphatic heterocycles. The molecule has 3 heteroatoms. The SMILES string of the molecule is O=C(CS)OCCCCCCCCCCCc1ccccc1. The summed E-state index contributed by atoms with van der Waals surface area (Å²) < 4.78 is 4.98. The molecule has 1 aromatic rings. The highest BCUT2D eigenvalue weighted by atomic mass is 32.1. The predicted molar refractivity (Wildman–Crippen MR) is 96.5 cm³/mol. The monoisotopic (exact) mass is 322 g/mol. The summed E-state index contributed by atoms with van der Waals surface area (Å²) in [4.78, 5) is 10.9. The van der Waals surface area contributed by atoms with Gasteiger partial charge >= 0.3 is 5.97 Å². The number of carbonyl (C=O) groups excluding carboxylic acids is 1. The van der Waals surface area contributed by atoms with Crippen LogP contribution >= 0.6 is 12.6 Å². The Morgan fingerprint density at radius 2 is 1.36 bits per heavy atom. The minimum Gasteiger partial charge on any atom is -0.465 e. The molecule has 1 aromatic carbocycles. The van der Waals surface area contributed by atoms with E-state index in [-0.39, 0.29) is 11.7 Å². The van der Waals surface area contributed by atoms with Gasteiger partial charge in [0.15, 0.2) is 0 Å². The molecular weight excluding hydrogens is 292 g/mol. The average molecular weight is 323 g/mol. The Labute approximate surface area is 141 Å². The number of esters is 1. The van der Waals surface area contributed by atoms with Gasteiger partial charge in [-0.15, -0.1) is 0 Å². The Kier molecular flexibility index (Phi) is 11.9. The number of benzene rings is 1. The molecule has 1 rings (SSSR count). The lowest BCUT2D eigenvalue weighted by Crippen LogP contribution is -2.06. The molecule has 0 bridgehead atoms. The van der Waals surface area contributed by atoms with Crippen molar-refractivity contribution < 1.29 is 9.53 Å². The van der Waals surface area contributed by atoms with Gasteiger partial charge in [0.25, 0.3) is 0 Å². The van der Waals surface area contributed by atoms with Crippen LogP contribution < -0.4 is 0 Å². The van der Waals surface area contributed by atoms with Crippen molar-refractivity contribution in [1.29, 1.82) is 0 Å². The second-order valence-corrected chi connectivity index (χ2v) is 6.11. The fourth-order valence-electron chi connectivity index (χ4n) is 2.54. The molecule has 0 aliphatic rings. The van der Waals surface area contributed by atoms with Crippen LogP contribution in [0.3, 0.4) is 0 Å². The van der Waals surface area contributed by atoms with E-state index in [1.165, 1.54) is 56.9 Å². The van der Waals surface area contributed by atoms with Crippen LogP contribution in [0.15, 0.2) is 30.3 Å². The number of rotatable bonds is 13. The van der Waals surface area contributed by atoms with Gasteiger partial charge < -0.3 is 4.74 Å². The molecule has 0 atom stereocenters. The molecule has 0 heterocycles. The van der Waals surface area contributed by atoms with Gasteiger partial charge in [-0.05, 0) is 24.8 Å². The maximum absolute atomic E-state index is 10.9. The third kappa shape index (κ3) is 10.7. The topological polar surface area (TPSA) is 26.3 Å². The molecule has 0 radical (unpaired) electrons. The third-order valence-corrected chi connectivity index (χ3v) is 4.10. The van der Waals surface area contributed by atoms with Gasteiger partial charge in [0, 0.05) is 0 Å². The quantitative estimate of drug-likeness (QED) is 0.306. The molecule has 0 saturated heterocycles. The van der Waals surface area contributed by atoms with Crippen molar-refractivity contribution in [2.24, 2.45) is 0 Å². The molecule has 0 spiro atoms. The van der Waals surface area contributed by atoms with Crippen LogP contribution in [0.4, 0.5) is 0 Å². The predicted octanol–water partition coefficient (Wildman–Crippen LogP) is 5.21. The van der Waals surface area contributed by atoms with E-state index in [0.717, 1.165) is 12.8 Å². The Bertz CT molecular complexity index is 378. The number of hydrogen-bond acceptors (Lipinski definition) is 3. The van der Waals surface area contributed by atoms with E-state index < -0.39 is 0 Å². The lowest BCUT2D eigenvalue weighted by Gasteiger charge is -2.04. The first kappa shape index (κ1) is 19.1. The molecule has 124 valence electrons. The largest absolute Gasteiger partial charge is 0.465 e. The van der Waals surface area contributed by atoms with Gasteiger partial charge in [-0.2, -0.15) is 12.6 Å². The van der Waals surface area contributed by atoms with Crippen molar-refractivity contribution in [2.45, 2.75) is 64.2 Å². The van der Waals surface area contributed by atoms with Crippen LogP contribution in [0.2, 0.25) is 0 Å². The summed E-state index contributed by atoms with van der Waals surface area (Å²) in [6.45, 7) is 0.554. The van der Waals surface area contributed by atoms with E-state index in [0.29, 0.717) is 6.61 Å². The Hall–Kier alpha value is -0.960. The van der Waals surface area contributed by atoms with Crippen molar-refractivity contribution in [2.75, 3.05) is 12.4 Å². The summed E-state index contributed by atoms with van der Waals surface area (Å²) in [7, 11) is 0. The maximum Gasteiger partial charge on any atom is 0.315 e. The first-order valence-corrected chi connectivity index (χ1v) is 9.26. The number of hydrogen-bond donors (Lipinski definition) is 1. The lowest BCUT2D eigenvalue weighted by atomic mass is 10.0. The van der Waals surface area contributed by atoms with Gasteiger partial charge in [-0.25, -0.2) is 0 Å². The van der Waals surface area contributed by atoms with Crippen molar-refractivity contribution in [1.82, 2.24) is 0 Å². The van der Waals surface area contributed by atoms with Crippen molar-refractivity contribution in [3.05, 3.63) is 35.9 Å². The van der Waals surface area contributed by atoms with Crippen molar-refractivity contribution >= 4 is 18.6 Å². The van der Waals surface area contributed by atoms with E-state index in [1.54, 1.807) is 0 Å². The number of carbonyl (C=O) groups is 1. The van der Waals surface area contributed by atoms with Crippen molar-refractivity contribution in [3.63, 3.8) is 0 Å². The zero-order valence-corrected chi connectivity index (χ0v) is 14.5. The van der Waals surface area contributed by atoms with Crippen LogP contribution in [0.5, 0.6) is 0 Å². The summed E-state index contributed by atoms with van der Waals surface area (Å²) in [5.41, 5.74) is 1.46. The molecule has 0 aliphatic carbocycles. The van der Waals surface area contributed by atoms with E-state index >= 15 is 0 Å². The summed E-state index contributed by atoms with van der Waals surface area (Å²) in [6.07, 6.45) is 12.6. The summed E-state index contributed by atoms with van der Waals surface area (Å²) in [5, 5.41) is 0. The zero-order chi connectivity index (χ0) is 15.9. The van der Waals surface area contributed by atoms with Crippen LogP contribution in [0.25, 0.3) is 0 Å². The van der Waals surface area contributed by atoms with Gasteiger partial charge in [0.05, 0.1) is 12.4 Å². The maximum atomic E-state index is 10.9. The van der Waals surface area contributed by atoms with Gasteiger partial charge in [-0.1, -0.05) is 75.3 Å². The van der Waals surface area contributed by atoms with Crippen LogP contribution in [-0.4, -0.2) is 18.3 Å². The smallest absolute Gasteiger partial charge is 0.315 e. The zero-order valence-electron chi connectivity index (χ0n) is 13.6. The highest BCUT2D eigenvalue weighted by Crippen LogP contribution is 2.12. The molecule has 2 nitrogen and oxygen atoms in total. The van der Waals surface area contributed by atoms with Gasteiger partial charge in [0.2, 0.25) is 0 Å². The number of aryl methyl sites for hydroxylation is 1. The molecule has 22 heavy (non-hydrogen) atoms. The molecule has 0 aromatic heterocycles. The van der Waals surface area contributed by atoms with Crippen molar-refractivity contribution in [3.8, 4) is 0 Å². The number of thiol groups is 1. The average Bonchev–Trinajstić information content (AvgIpc) is 2.56. The van der Waals surface area contributed by atoms with Crippen LogP contribution in [0, 0.1) is 0 Å². The lowest BCUT2D eigenvalue weighted by molar-refractivity contribution is -0.140. The van der Waals surface area contributed by atoms with E-state index in [9.17, 15) is 4.79 Å². The first-order chi connectivity index (χ1) is 10.8. The van der Waals surface area contributed by atoms with Crippen LogP contribution in [0.1, 0.15) is 63.4 Å². The highest BCUT2D eigenvalue weighted by molar-refractivity contribution is 7.81. The Morgan fingerprint density at radius 3 is 1.95 bits per heavy atom. The van der Waals surface area contributed by atoms with E-state index in [4.69, 9.17) is 4.74 Å². The second-order valence-electron chi connectivity index (χ2n) is 5.80. The molecular formula is C19H30O2S. The van der Waals surface area contributed by atoms with Gasteiger partial charge in [0.1, 0.15) is 0 Å². The fraction of sp³-hybridized carbons (Fsp3) is 0.632. The molecule has 0 unspecified atom stereocenters. The normalized spacial score (nSPS) is 10.6. The molecule has 0 N–H and O–H groups in total. The summed E-state index contributed by atoms with van der Waals surface area (Å²) in [6, 6.07) is 10.7. The van der Waals surface area contributed by atoms with Gasteiger partial charge in [-0.3, -0.25) is 4.79 Å². The Balaban J connectivity index is 1.77. The Morgan fingerprint density at radius 1 is 0.818 bits per heavy atom. The number of unbranched alkanes of at least 4 members (excludes halogenated alkanes) is 8. The standard InChI is InChI=1S/C19H30O2S/c20-19(17-22)21-16-12-7-5-3-1-2-4-6-9-13-18-14-10-8-11-15-18/h8,10-11,14-15,22H,1-7,9,12-13,16-17H2. The summed E-state index contributed by atoms with van der Waals surface area (Å²) >= 11 is 3.87. The first-order valence-electron chi connectivity index (χ1n) is 8.63.